The van der Waals surface area contributed by atoms with Crippen LogP contribution in [0.15, 0.2) is 48.5 Å². The van der Waals surface area contributed by atoms with Gasteiger partial charge in [-0.05, 0) is 67.1 Å². The number of ether oxygens (including phenoxy) is 2. The number of benzene rings is 2. The fourth-order valence-corrected chi connectivity index (χ4v) is 5.28. The van der Waals surface area contributed by atoms with Crippen molar-refractivity contribution in [2.75, 3.05) is 19.7 Å². The lowest BCUT2D eigenvalue weighted by atomic mass is 9.96. The minimum atomic E-state index is -2.99. The molecule has 6 nitrogen and oxygen atoms in total. The number of amides is 1. The third-order valence-electron chi connectivity index (χ3n) is 7.04. The fourth-order valence-electron chi connectivity index (χ4n) is 5.28. The lowest BCUT2D eigenvalue weighted by Crippen LogP contribution is -2.59. The Labute approximate surface area is 215 Å². The smallest absolute Gasteiger partial charge is 0.407 e. The molecule has 198 valence electrons. The van der Waals surface area contributed by atoms with E-state index in [0.29, 0.717) is 30.6 Å². The van der Waals surface area contributed by atoms with Gasteiger partial charge in [0.05, 0.1) is 30.8 Å². The van der Waals surface area contributed by atoms with Gasteiger partial charge in [0.15, 0.2) is 0 Å². The van der Waals surface area contributed by atoms with Gasteiger partial charge in [-0.3, -0.25) is 4.90 Å². The molecular weight excluding hydrogens is 483 g/mol. The molecule has 9 heteroatoms. The minimum Gasteiger partial charge on any atom is -0.489 e. The van der Waals surface area contributed by atoms with Gasteiger partial charge in [-0.25, -0.2) is 18.0 Å². The number of nitrogens with zero attached hydrogens (tertiary/aromatic N) is 2. The number of piperidine rings is 1. The van der Waals surface area contributed by atoms with Gasteiger partial charge in [0.1, 0.15) is 17.7 Å². The number of alkyl carbamates (subject to hydrolysis) is 1. The molecule has 4 atom stereocenters. The number of unbranched alkanes of at least 4 members (excludes halogenated alkanes) is 1. The summed E-state index contributed by atoms with van der Waals surface area (Å²) in [6, 6.07) is 13.9. The highest BCUT2D eigenvalue weighted by molar-refractivity contribution is 5.67. The topological polar surface area (TPSA) is 74.6 Å². The van der Waals surface area contributed by atoms with Crippen molar-refractivity contribution in [2.45, 2.75) is 69.1 Å². The monoisotopic (exact) mass is 515 g/mol. The van der Waals surface area contributed by atoms with Crippen molar-refractivity contribution in [1.29, 1.82) is 5.26 Å². The van der Waals surface area contributed by atoms with Crippen molar-refractivity contribution >= 4 is 6.09 Å². The average molecular weight is 516 g/mol. The number of hydrogen-bond acceptors (Lipinski definition) is 5. The molecule has 1 aliphatic heterocycles. The lowest BCUT2D eigenvalue weighted by Gasteiger charge is -2.42. The molecule has 2 fully saturated rings. The number of nitriles is 1. The van der Waals surface area contributed by atoms with Crippen molar-refractivity contribution in [3.8, 4) is 11.8 Å². The van der Waals surface area contributed by atoms with Gasteiger partial charge in [0.2, 0.25) is 0 Å². The van der Waals surface area contributed by atoms with Crippen molar-refractivity contribution in [1.82, 2.24) is 10.2 Å². The molecule has 1 saturated carbocycles. The second kappa shape index (κ2) is 11.9. The summed E-state index contributed by atoms with van der Waals surface area (Å²) in [6.07, 6.45) is 1.14. The van der Waals surface area contributed by atoms with Gasteiger partial charge in [0, 0.05) is 19.0 Å². The maximum atomic E-state index is 14.9. The van der Waals surface area contributed by atoms with Crippen molar-refractivity contribution in [3.05, 3.63) is 65.5 Å². The lowest BCUT2D eigenvalue weighted by molar-refractivity contribution is -0.0930. The number of rotatable bonds is 8. The first kappa shape index (κ1) is 26.8. The molecule has 2 aromatic carbocycles. The second-order valence-corrected chi connectivity index (χ2v) is 9.90. The molecule has 0 aromatic heterocycles. The Bertz CT molecular complexity index is 1090. The SMILES string of the molecule is CCCCOC(=O)N[C@H]1CN(C2CC(c3ccc(F)cc3)CC2Oc2ccc(C#N)cc2)CC(F)(F)C1. The van der Waals surface area contributed by atoms with E-state index in [4.69, 9.17) is 14.7 Å². The van der Waals surface area contributed by atoms with E-state index >= 15 is 0 Å². The van der Waals surface area contributed by atoms with Crippen LogP contribution in [0.5, 0.6) is 5.75 Å². The second-order valence-electron chi connectivity index (χ2n) is 9.90. The molecular formula is C28H32F3N3O3. The summed E-state index contributed by atoms with van der Waals surface area (Å²) >= 11 is 0. The molecule has 4 rings (SSSR count). The van der Waals surface area contributed by atoms with Crippen LogP contribution >= 0.6 is 0 Å². The Balaban J connectivity index is 1.52. The minimum absolute atomic E-state index is 0.00468. The molecule has 2 aliphatic rings. The van der Waals surface area contributed by atoms with E-state index in [2.05, 4.69) is 11.4 Å². The van der Waals surface area contributed by atoms with Crippen LogP contribution in [0, 0.1) is 17.1 Å². The van der Waals surface area contributed by atoms with E-state index in [1.807, 2.05) is 6.92 Å². The molecule has 0 bridgehead atoms. The number of carbonyl (C=O) groups excluding carboxylic acids is 1. The molecule has 1 aliphatic carbocycles. The Morgan fingerprint density at radius 3 is 2.57 bits per heavy atom. The van der Waals surface area contributed by atoms with Crippen LogP contribution in [0.2, 0.25) is 0 Å². The Morgan fingerprint density at radius 2 is 1.89 bits per heavy atom. The zero-order valence-corrected chi connectivity index (χ0v) is 20.8. The number of likely N-dealkylation sites (tertiary alicyclic amines) is 1. The van der Waals surface area contributed by atoms with Crippen LogP contribution in [0.3, 0.4) is 0 Å². The summed E-state index contributed by atoms with van der Waals surface area (Å²) in [5.41, 5.74) is 1.42. The molecule has 2 aromatic rings. The highest BCUT2D eigenvalue weighted by atomic mass is 19.3. The Hall–Kier alpha value is -3.25. The predicted octanol–water partition coefficient (Wildman–Crippen LogP) is 5.63. The zero-order valence-electron chi connectivity index (χ0n) is 20.8. The number of nitrogens with one attached hydrogen (secondary N) is 1. The molecule has 1 heterocycles. The third kappa shape index (κ3) is 7.16. The first-order valence-corrected chi connectivity index (χ1v) is 12.7. The Kier molecular flexibility index (Phi) is 8.59. The van der Waals surface area contributed by atoms with E-state index < -0.39 is 37.1 Å². The van der Waals surface area contributed by atoms with Crippen LogP contribution in [0.25, 0.3) is 0 Å². The first-order chi connectivity index (χ1) is 17.8. The van der Waals surface area contributed by atoms with Crippen LogP contribution in [0.1, 0.15) is 56.1 Å². The van der Waals surface area contributed by atoms with E-state index in [-0.39, 0.29) is 30.9 Å². The number of halogens is 3. The van der Waals surface area contributed by atoms with Gasteiger partial charge in [-0.2, -0.15) is 5.26 Å². The third-order valence-corrected chi connectivity index (χ3v) is 7.04. The molecule has 0 radical (unpaired) electrons. The van der Waals surface area contributed by atoms with Gasteiger partial charge >= 0.3 is 6.09 Å². The summed E-state index contributed by atoms with van der Waals surface area (Å²) in [7, 11) is 0. The summed E-state index contributed by atoms with van der Waals surface area (Å²) in [4.78, 5) is 13.9. The fraction of sp³-hybridized carbons (Fsp3) is 0.500. The zero-order chi connectivity index (χ0) is 26.4. The maximum Gasteiger partial charge on any atom is 0.407 e. The number of carbonyl (C=O) groups is 1. The van der Waals surface area contributed by atoms with Gasteiger partial charge in [-0.1, -0.05) is 25.5 Å². The first-order valence-electron chi connectivity index (χ1n) is 12.7. The van der Waals surface area contributed by atoms with Crippen molar-refractivity contribution in [3.63, 3.8) is 0 Å². The Morgan fingerprint density at radius 1 is 1.16 bits per heavy atom. The van der Waals surface area contributed by atoms with Crippen LogP contribution in [0.4, 0.5) is 18.0 Å². The number of hydrogen-bond donors (Lipinski definition) is 1. The molecule has 1 N–H and O–H groups in total. The van der Waals surface area contributed by atoms with E-state index in [9.17, 15) is 18.0 Å². The van der Waals surface area contributed by atoms with Gasteiger partial charge in [0.25, 0.3) is 5.92 Å². The normalized spacial score (nSPS) is 25.3. The molecule has 0 spiro atoms. The molecule has 3 unspecified atom stereocenters. The van der Waals surface area contributed by atoms with Gasteiger partial charge < -0.3 is 14.8 Å². The van der Waals surface area contributed by atoms with Crippen LogP contribution in [-0.4, -0.2) is 54.8 Å². The summed E-state index contributed by atoms with van der Waals surface area (Å²) in [5, 5.41) is 11.7. The van der Waals surface area contributed by atoms with Gasteiger partial charge in [-0.15, -0.1) is 0 Å². The molecule has 1 amide bonds. The van der Waals surface area contributed by atoms with E-state index in [1.165, 1.54) is 12.1 Å². The maximum absolute atomic E-state index is 14.9. The quantitative estimate of drug-likeness (QED) is 0.462. The molecule has 1 saturated heterocycles. The summed E-state index contributed by atoms with van der Waals surface area (Å²) in [5.74, 6) is -2.78. The summed E-state index contributed by atoms with van der Waals surface area (Å²) < 4.78 is 54.7. The summed E-state index contributed by atoms with van der Waals surface area (Å²) in [6.45, 7) is 2.02. The predicted molar refractivity (Wildman–Crippen MR) is 132 cm³/mol. The van der Waals surface area contributed by atoms with Crippen molar-refractivity contribution in [2.24, 2.45) is 0 Å². The molecule has 37 heavy (non-hydrogen) atoms. The largest absolute Gasteiger partial charge is 0.489 e. The van der Waals surface area contributed by atoms with E-state index in [0.717, 1.165) is 12.0 Å². The van der Waals surface area contributed by atoms with Crippen molar-refractivity contribution < 1.29 is 27.4 Å². The average Bonchev–Trinajstić information content (AvgIpc) is 3.28. The van der Waals surface area contributed by atoms with Crippen LogP contribution < -0.4 is 10.1 Å². The highest BCUT2D eigenvalue weighted by Gasteiger charge is 2.48. The van der Waals surface area contributed by atoms with E-state index in [1.54, 1.807) is 41.3 Å². The number of alkyl halides is 2. The standard InChI is InChI=1S/C28H32F3N3O3/c1-2-3-12-36-27(35)33-23-15-28(30,31)18-34(17-23)25-13-21(20-6-8-22(29)9-7-20)14-26(25)37-24-10-4-19(16-32)5-11-24/h4-11,21,23,25-26H,2-3,12-15,17-18H2,1H3,(H,33,35)/t21?,23-,25?,26?/m1/s1. The highest BCUT2D eigenvalue weighted by Crippen LogP contribution is 2.41. The van der Waals surface area contributed by atoms with Crippen LogP contribution in [-0.2, 0) is 4.74 Å².